The van der Waals surface area contributed by atoms with E-state index in [0.717, 1.165) is 18.5 Å². The smallest absolute Gasteiger partial charge is 0.256 e. The molecule has 1 saturated carbocycles. The Bertz CT molecular complexity index is 489. The number of aromatic nitrogens is 1. The Morgan fingerprint density at radius 1 is 1.50 bits per heavy atom. The van der Waals surface area contributed by atoms with Crippen molar-refractivity contribution in [1.29, 1.82) is 5.26 Å². The van der Waals surface area contributed by atoms with Crippen molar-refractivity contribution in [3.63, 3.8) is 0 Å². The molecule has 3 unspecified atom stereocenters. The van der Waals surface area contributed by atoms with E-state index in [-0.39, 0.29) is 5.92 Å². The summed E-state index contributed by atoms with van der Waals surface area (Å²) in [5.41, 5.74) is 1.26. The van der Waals surface area contributed by atoms with E-state index in [9.17, 15) is 5.26 Å². The van der Waals surface area contributed by atoms with Crippen LogP contribution in [0.3, 0.4) is 0 Å². The Kier molecular flexibility index (Phi) is 4.80. The zero-order valence-electron chi connectivity index (χ0n) is 12.8. The highest BCUT2D eigenvalue weighted by molar-refractivity contribution is 7.99. The van der Waals surface area contributed by atoms with Crippen LogP contribution in [0.2, 0.25) is 0 Å². The molecular weight excluding hydrogens is 268 g/mol. The monoisotopic (exact) mass is 292 g/mol. The Morgan fingerprint density at radius 3 is 2.80 bits per heavy atom. The number of rotatable bonds is 4. The average molecular weight is 292 g/mol. The van der Waals surface area contributed by atoms with Crippen molar-refractivity contribution < 1.29 is 4.42 Å². The zero-order chi connectivity index (χ0) is 14.8. The topological polar surface area (TPSA) is 49.8 Å². The number of thioether (sulfide) groups is 1. The van der Waals surface area contributed by atoms with Gasteiger partial charge in [0.25, 0.3) is 5.22 Å². The second-order valence-corrected chi connectivity index (χ2v) is 7.69. The highest BCUT2D eigenvalue weighted by atomic mass is 32.2. The second-order valence-electron chi connectivity index (χ2n) is 6.50. The lowest BCUT2D eigenvalue weighted by molar-refractivity contribution is 0.143. The van der Waals surface area contributed by atoms with Crippen molar-refractivity contribution in [2.75, 3.05) is 0 Å². The van der Waals surface area contributed by atoms with E-state index >= 15 is 0 Å². The fraction of sp³-hybridized carbons (Fsp3) is 0.750. The Hall–Kier alpha value is -0.950. The molecule has 0 spiro atoms. The van der Waals surface area contributed by atoms with Gasteiger partial charge >= 0.3 is 0 Å². The van der Waals surface area contributed by atoms with Crippen LogP contribution in [0.1, 0.15) is 52.1 Å². The van der Waals surface area contributed by atoms with Gasteiger partial charge in [-0.15, -0.1) is 0 Å². The molecule has 20 heavy (non-hydrogen) atoms. The number of aryl methyl sites for hydroxylation is 1. The fourth-order valence-electron chi connectivity index (χ4n) is 2.92. The highest BCUT2D eigenvalue weighted by Gasteiger charge is 2.38. The molecule has 4 heteroatoms. The predicted molar refractivity (Wildman–Crippen MR) is 81.4 cm³/mol. The van der Waals surface area contributed by atoms with Gasteiger partial charge in [-0.25, -0.2) is 4.98 Å². The summed E-state index contributed by atoms with van der Waals surface area (Å²) in [5, 5.41) is 10.4. The summed E-state index contributed by atoms with van der Waals surface area (Å²) in [7, 11) is 0. The van der Waals surface area contributed by atoms with Crippen LogP contribution < -0.4 is 0 Å². The maximum absolute atomic E-state index is 9.38. The predicted octanol–water partition coefficient (Wildman–Crippen LogP) is 4.82. The molecule has 1 aromatic rings. The van der Waals surface area contributed by atoms with Crippen molar-refractivity contribution in [2.45, 2.75) is 63.9 Å². The Morgan fingerprint density at radius 2 is 2.25 bits per heavy atom. The molecular formula is C16H24N2OS. The molecule has 110 valence electrons. The van der Waals surface area contributed by atoms with Crippen LogP contribution in [0.5, 0.6) is 0 Å². The quantitative estimate of drug-likeness (QED) is 0.798. The summed E-state index contributed by atoms with van der Waals surface area (Å²) in [6.07, 6.45) is 6.12. The molecule has 3 atom stereocenters. The van der Waals surface area contributed by atoms with E-state index in [2.05, 4.69) is 31.8 Å². The molecule has 3 nitrogen and oxygen atoms in total. The van der Waals surface area contributed by atoms with Crippen LogP contribution >= 0.6 is 11.8 Å². The third-order valence-electron chi connectivity index (χ3n) is 4.82. The molecule has 1 aromatic heterocycles. The number of oxazole rings is 1. The van der Waals surface area contributed by atoms with E-state index in [1.165, 1.54) is 12.8 Å². The van der Waals surface area contributed by atoms with Gasteiger partial charge in [0.1, 0.15) is 6.26 Å². The molecule has 0 bridgehead atoms. The van der Waals surface area contributed by atoms with Crippen LogP contribution in [-0.4, -0.2) is 10.2 Å². The minimum absolute atomic E-state index is 0.121. The number of nitriles is 1. The summed E-state index contributed by atoms with van der Waals surface area (Å²) in [4.78, 5) is 4.37. The van der Waals surface area contributed by atoms with Gasteiger partial charge in [0.15, 0.2) is 0 Å². The van der Waals surface area contributed by atoms with Crippen LogP contribution in [0, 0.1) is 35.5 Å². The first kappa shape index (κ1) is 15.4. The second kappa shape index (κ2) is 6.22. The van der Waals surface area contributed by atoms with Gasteiger partial charge in [-0.2, -0.15) is 5.26 Å². The molecule has 0 N–H and O–H groups in total. The summed E-state index contributed by atoms with van der Waals surface area (Å²) in [5.74, 6) is 0.807. The minimum Gasteiger partial charge on any atom is -0.440 e. The van der Waals surface area contributed by atoms with Crippen LogP contribution in [0.15, 0.2) is 15.9 Å². The van der Waals surface area contributed by atoms with Crippen LogP contribution in [0.4, 0.5) is 0 Å². The minimum atomic E-state index is 0.121. The molecule has 0 amide bonds. The first-order valence-electron chi connectivity index (χ1n) is 7.44. The third-order valence-corrected chi connectivity index (χ3v) is 6.04. The van der Waals surface area contributed by atoms with E-state index < -0.39 is 0 Å². The Labute approximate surface area is 126 Å². The zero-order valence-corrected chi connectivity index (χ0v) is 13.7. The maximum Gasteiger partial charge on any atom is 0.256 e. The van der Waals surface area contributed by atoms with Crippen molar-refractivity contribution in [1.82, 2.24) is 4.98 Å². The maximum atomic E-state index is 9.38. The molecule has 1 aliphatic carbocycles. The van der Waals surface area contributed by atoms with Gasteiger partial charge in [-0.05, 0) is 37.5 Å². The van der Waals surface area contributed by atoms with Crippen molar-refractivity contribution >= 4 is 11.8 Å². The normalized spacial score (nSPS) is 27.2. The van der Waals surface area contributed by atoms with Crippen LogP contribution in [-0.2, 0) is 0 Å². The Balaban J connectivity index is 2.09. The van der Waals surface area contributed by atoms with Gasteiger partial charge < -0.3 is 4.42 Å². The number of nitrogens with zero attached hydrogens (tertiary/aromatic N) is 2. The van der Waals surface area contributed by atoms with Gasteiger partial charge in [-0.1, -0.05) is 39.0 Å². The highest BCUT2D eigenvalue weighted by Crippen LogP contribution is 2.46. The SMILES string of the molecule is CCC(C)(C)C1CCC(C#N)C(Sc2nc(C)co2)C1. The lowest BCUT2D eigenvalue weighted by Crippen LogP contribution is -2.34. The van der Waals surface area contributed by atoms with Crippen molar-refractivity contribution in [3.8, 4) is 6.07 Å². The third kappa shape index (κ3) is 3.38. The summed E-state index contributed by atoms with van der Waals surface area (Å²) in [6.45, 7) is 8.89. The van der Waals surface area contributed by atoms with E-state index in [4.69, 9.17) is 4.42 Å². The van der Waals surface area contributed by atoms with Gasteiger partial charge in [0, 0.05) is 5.25 Å². The number of hydrogen-bond donors (Lipinski definition) is 0. The lowest BCUT2D eigenvalue weighted by atomic mass is 9.67. The molecule has 0 aliphatic heterocycles. The molecule has 0 saturated heterocycles. The van der Waals surface area contributed by atoms with Gasteiger partial charge in [0.05, 0.1) is 17.7 Å². The molecule has 1 fully saturated rings. The molecule has 0 radical (unpaired) electrons. The number of hydrogen-bond acceptors (Lipinski definition) is 4. The largest absolute Gasteiger partial charge is 0.440 e. The first-order valence-corrected chi connectivity index (χ1v) is 8.32. The van der Waals surface area contributed by atoms with Gasteiger partial charge in [-0.3, -0.25) is 0 Å². The lowest BCUT2D eigenvalue weighted by Gasteiger charge is -2.40. The van der Waals surface area contributed by atoms with Crippen molar-refractivity contribution in [2.24, 2.45) is 17.3 Å². The molecule has 0 aromatic carbocycles. The molecule has 2 rings (SSSR count). The van der Waals surface area contributed by atoms with E-state index in [1.807, 2.05) is 6.92 Å². The molecule has 1 aliphatic rings. The standard InChI is InChI=1S/C16H24N2OS/c1-5-16(3,4)13-7-6-12(9-17)14(8-13)20-15-18-11(2)10-19-15/h10,12-14H,5-8H2,1-4H3. The fourth-order valence-corrected chi connectivity index (χ4v) is 4.17. The van der Waals surface area contributed by atoms with E-state index in [0.29, 0.717) is 21.8 Å². The summed E-state index contributed by atoms with van der Waals surface area (Å²) >= 11 is 1.65. The van der Waals surface area contributed by atoms with Gasteiger partial charge in [0.2, 0.25) is 0 Å². The summed E-state index contributed by atoms with van der Waals surface area (Å²) in [6, 6.07) is 2.48. The van der Waals surface area contributed by atoms with E-state index in [1.54, 1.807) is 18.0 Å². The first-order chi connectivity index (χ1) is 9.46. The summed E-state index contributed by atoms with van der Waals surface area (Å²) < 4.78 is 5.45. The van der Waals surface area contributed by atoms with Crippen LogP contribution in [0.25, 0.3) is 0 Å². The molecule has 1 heterocycles. The average Bonchev–Trinajstić information content (AvgIpc) is 2.84. The van der Waals surface area contributed by atoms with Crippen molar-refractivity contribution in [3.05, 3.63) is 12.0 Å².